The van der Waals surface area contributed by atoms with Crippen LogP contribution in [0, 0.1) is 11.8 Å². The molecule has 8 atom stereocenters. The van der Waals surface area contributed by atoms with Crippen molar-refractivity contribution in [1.82, 2.24) is 0 Å². The number of aryl methyl sites for hydroxylation is 1. The third-order valence-electron chi connectivity index (χ3n) is 8.93. The quantitative estimate of drug-likeness (QED) is 0.0605. The van der Waals surface area contributed by atoms with E-state index < -0.39 is 84.3 Å². The van der Waals surface area contributed by atoms with Crippen molar-refractivity contribution in [2.45, 2.75) is 156 Å². The molecule has 0 saturated heterocycles. The van der Waals surface area contributed by atoms with E-state index in [9.17, 15) is 33.6 Å². The van der Waals surface area contributed by atoms with E-state index >= 15 is 0 Å². The first-order valence-electron chi connectivity index (χ1n) is 19.0. The van der Waals surface area contributed by atoms with Crippen LogP contribution in [0.5, 0.6) is 0 Å². The Balaban J connectivity index is 2.42. The Labute approximate surface area is 323 Å². The van der Waals surface area contributed by atoms with Gasteiger partial charge < -0.3 is 33.2 Å². The number of unbranched alkanes of at least 4 members (excludes halogenated alkanes) is 1. The lowest BCUT2D eigenvalue weighted by Crippen LogP contribution is -2.34. The second kappa shape index (κ2) is 23.9. The van der Waals surface area contributed by atoms with Gasteiger partial charge in [0, 0.05) is 45.4 Å². The first-order chi connectivity index (χ1) is 26.0. The zero-order valence-corrected chi connectivity index (χ0v) is 33.3. The van der Waals surface area contributed by atoms with Crippen LogP contribution in [-0.2, 0) is 73.1 Å². The highest BCUT2D eigenvalue weighted by molar-refractivity contribution is 5.79. The van der Waals surface area contributed by atoms with E-state index in [1.165, 1.54) is 41.5 Å². The molecule has 0 aromatic heterocycles. The van der Waals surface area contributed by atoms with Gasteiger partial charge in [0.05, 0.1) is 6.10 Å². The van der Waals surface area contributed by atoms with E-state index in [4.69, 9.17) is 33.2 Å². The van der Waals surface area contributed by atoms with Crippen LogP contribution in [0.2, 0.25) is 0 Å². The molecule has 1 saturated carbocycles. The highest BCUT2D eigenvalue weighted by Gasteiger charge is 2.47. The van der Waals surface area contributed by atoms with E-state index in [0.29, 0.717) is 44.9 Å². The number of allylic oxidation sites excluding steroid dienone is 2. The van der Waals surface area contributed by atoms with E-state index in [0.717, 1.165) is 5.56 Å². The Kier molecular flexibility index (Phi) is 20.2. The Morgan fingerprint density at radius 1 is 0.655 bits per heavy atom. The van der Waals surface area contributed by atoms with Crippen molar-refractivity contribution < 1.29 is 66.7 Å². The van der Waals surface area contributed by atoms with Crippen LogP contribution < -0.4 is 0 Å². The van der Waals surface area contributed by atoms with Gasteiger partial charge in [-0.2, -0.15) is 0 Å². The Bertz CT molecular complexity index is 1450. The molecule has 1 fully saturated rings. The van der Waals surface area contributed by atoms with Gasteiger partial charge in [0.15, 0.2) is 18.3 Å². The molecule has 0 spiro atoms. The molecule has 0 N–H and O–H groups in total. The highest BCUT2D eigenvalue weighted by Crippen LogP contribution is 2.42. The van der Waals surface area contributed by atoms with Gasteiger partial charge in [-0.05, 0) is 85.1 Å². The predicted molar refractivity (Wildman–Crippen MR) is 198 cm³/mol. The Morgan fingerprint density at radius 2 is 1.18 bits per heavy atom. The molecule has 55 heavy (non-hydrogen) atoms. The lowest BCUT2D eigenvalue weighted by Gasteiger charge is -2.28. The number of carbonyl (C=O) groups is 7. The Hall–Kier alpha value is -4.75. The summed E-state index contributed by atoms with van der Waals surface area (Å²) in [7, 11) is 0. The zero-order valence-electron chi connectivity index (χ0n) is 33.3. The molecule has 0 radical (unpaired) electrons. The molecule has 1 aliphatic rings. The maximum atomic E-state index is 13.2. The van der Waals surface area contributed by atoms with E-state index in [1.54, 1.807) is 13.8 Å². The van der Waals surface area contributed by atoms with Crippen LogP contribution in [0.3, 0.4) is 0 Å². The number of hydrogen-bond donors (Lipinski definition) is 0. The molecule has 306 valence electrons. The van der Waals surface area contributed by atoms with Gasteiger partial charge in [-0.1, -0.05) is 42.5 Å². The second-order valence-corrected chi connectivity index (χ2v) is 14.1. The first-order valence-corrected chi connectivity index (χ1v) is 19.0. The minimum absolute atomic E-state index is 0.0965. The smallest absolute Gasteiger partial charge is 0.347 e. The standard InChI is InChI=1S/C41H58O14/c1-25(2)49-38(45)19-15-10-9-14-18-34-35(23-22-33(21-20-32-16-12-11-13-17-32)53-39(46)26(3)50-29(6)42)37(55-41(48)28(5)52-31(8)44)24-36(34)54-40(47)27(4)51-30(7)43/h9,11-14,16-17,25-28,33-37H,10,15,18-24H2,1-8H3/b14-9-/t26-,27-,28-,33?,34?,35?,36?,37?/m0/s1. The molecule has 0 bridgehead atoms. The van der Waals surface area contributed by atoms with Gasteiger partial charge in [-0.15, -0.1) is 0 Å². The van der Waals surface area contributed by atoms with Gasteiger partial charge in [0.25, 0.3) is 0 Å². The molecule has 1 aromatic rings. The summed E-state index contributed by atoms with van der Waals surface area (Å²) in [5.41, 5.74) is 1.03. The lowest BCUT2D eigenvalue weighted by atomic mass is 9.85. The maximum Gasteiger partial charge on any atom is 0.347 e. The fourth-order valence-corrected chi connectivity index (χ4v) is 6.44. The number of carbonyl (C=O) groups excluding carboxylic acids is 7. The van der Waals surface area contributed by atoms with Gasteiger partial charge in [-0.3, -0.25) is 19.2 Å². The van der Waals surface area contributed by atoms with Crippen LogP contribution in [0.4, 0.5) is 0 Å². The summed E-state index contributed by atoms with van der Waals surface area (Å²) in [5.74, 6) is -5.35. The molecule has 14 nitrogen and oxygen atoms in total. The SMILES string of the molecule is CC(=O)O[C@@H](C)C(=O)OC(CCc1ccccc1)CCC1C(OC(=O)[C@H](C)OC(C)=O)CC(OC(=O)[C@H](C)OC(C)=O)C1C/C=C\CCCC(=O)OC(C)C. The number of ether oxygens (including phenoxy) is 7. The van der Waals surface area contributed by atoms with Crippen molar-refractivity contribution in [2.24, 2.45) is 11.8 Å². The van der Waals surface area contributed by atoms with E-state index in [2.05, 4.69) is 0 Å². The normalized spacial score (nSPS) is 20.1. The molecule has 0 amide bonds. The lowest BCUT2D eigenvalue weighted by molar-refractivity contribution is -0.172. The number of rotatable bonds is 22. The summed E-state index contributed by atoms with van der Waals surface area (Å²) >= 11 is 0. The van der Waals surface area contributed by atoms with Crippen LogP contribution in [-0.4, -0.2) is 84.5 Å². The van der Waals surface area contributed by atoms with Gasteiger partial charge in [0.2, 0.25) is 0 Å². The summed E-state index contributed by atoms with van der Waals surface area (Å²) in [6.07, 6.45) is 1.43. The average Bonchev–Trinajstić information content (AvgIpc) is 3.40. The van der Waals surface area contributed by atoms with Crippen LogP contribution in [0.1, 0.15) is 112 Å². The monoisotopic (exact) mass is 774 g/mol. The summed E-state index contributed by atoms with van der Waals surface area (Å²) in [4.78, 5) is 86.1. The summed E-state index contributed by atoms with van der Waals surface area (Å²) in [6, 6.07) is 9.64. The van der Waals surface area contributed by atoms with Crippen molar-refractivity contribution in [1.29, 1.82) is 0 Å². The summed E-state index contributed by atoms with van der Waals surface area (Å²) in [6.45, 7) is 11.4. The van der Waals surface area contributed by atoms with Crippen molar-refractivity contribution in [2.75, 3.05) is 0 Å². The predicted octanol–water partition coefficient (Wildman–Crippen LogP) is 5.69. The molecule has 1 aromatic carbocycles. The van der Waals surface area contributed by atoms with Crippen LogP contribution in [0.25, 0.3) is 0 Å². The van der Waals surface area contributed by atoms with Gasteiger partial charge in [-0.25, -0.2) is 14.4 Å². The number of esters is 7. The Morgan fingerprint density at radius 3 is 1.71 bits per heavy atom. The first kappa shape index (κ1) is 46.4. The van der Waals surface area contributed by atoms with Crippen LogP contribution >= 0.6 is 0 Å². The molecule has 1 aliphatic carbocycles. The van der Waals surface area contributed by atoms with Gasteiger partial charge >= 0.3 is 41.8 Å². The zero-order chi connectivity index (χ0) is 41.1. The van der Waals surface area contributed by atoms with E-state index in [1.807, 2.05) is 42.5 Å². The van der Waals surface area contributed by atoms with E-state index in [-0.39, 0.29) is 24.9 Å². The molecular weight excluding hydrogens is 716 g/mol. The largest absolute Gasteiger partial charge is 0.463 e. The van der Waals surface area contributed by atoms with Crippen molar-refractivity contribution >= 4 is 41.8 Å². The topological polar surface area (TPSA) is 184 Å². The highest BCUT2D eigenvalue weighted by atomic mass is 16.6. The maximum absolute atomic E-state index is 13.2. The molecule has 5 unspecified atom stereocenters. The van der Waals surface area contributed by atoms with Crippen molar-refractivity contribution in [3.63, 3.8) is 0 Å². The van der Waals surface area contributed by atoms with Gasteiger partial charge in [0.1, 0.15) is 18.3 Å². The summed E-state index contributed by atoms with van der Waals surface area (Å²) in [5, 5.41) is 0. The van der Waals surface area contributed by atoms with Crippen molar-refractivity contribution in [3.05, 3.63) is 48.0 Å². The number of hydrogen-bond acceptors (Lipinski definition) is 14. The summed E-state index contributed by atoms with van der Waals surface area (Å²) < 4.78 is 38.1. The molecule has 14 heteroatoms. The molecule has 0 aliphatic heterocycles. The minimum Gasteiger partial charge on any atom is -0.463 e. The molecule has 2 rings (SSSR count). The fourth-order valence-electron chi connectivity index (χ4n) is 6.44. The molecule has 0 heterocycles. The number of benzene rings is 1. The minimum atomic E-state index is -1.20. The van der Waals surface area contributed by atoms with Crippen LogP contribution in [0.15, 0.2) is 42.5 Å². The van der Waals surface area contributed by atoms with Crippen molar-refractivity contribution in [3.8, 4) is 0 Å². The second-order valence-electron chi connectivity index (χ2n) is 14.1. The fraction of sp³-hybridized carbons (Fsp3) is 0.634. The third-order valence-corrected chi connectivity index (χ3v) is 8.93. The molecular formula is C41H58O14. The average molecular weight is 775 g/mol. The third kappa shape index (κ3) is 18.0.